The van der Waals surface area contributed by atoms with Crippen LogP contribution in [-0.4, -0.2) is 34.7 Å². The molecule has 0 bridgehead atoms. The van der Waals surface area contributed by atoms with Gasteiger partial charge in [-0.05, 0) is 23.1 Å². The largest absolute Gasteiger partial charge is 0.490 e. The Morgan fingerprint density at radius 3 is 2.91 bits per heavy atom. The molecule has 0 aliphatic carbocycles. The third kappa shape index (κ3) is 2.76. The second-order valence-corrected chi connectivity index (χ2v) is 4.66. The lowest BCUT2D eigenvalue weighted by atomic mass is 10.3. The average molecular weight is 324 g/mol. The van der Waals surface area contributed by atoms with Crippen LogP contribution in [0, 0.1) is 15.9 Å². The van der Waals surface area contributed by atoms with Gasteiger partial charge in [0.1, 0.15) is 18.1 Å². The summed E-state index contributed by atoms with van der Waals surface area (Å²) >= 11 is 5.71. The van der Waals surface area contributed by atoms with E-state index in [2.05, 4.69) is 20.4 Å². The van der Waals surface area contributed by atoms with Gasteiger partial charge in [0.05, 0.1) is 16.9 Å². The van der Waals surface area contributed by atoms with Crippen LogP contribution in [0.5, 0.6) is 0 Å². The third-order valence-corrected chi connectivity index (χ3v) is 3.01. The van der Waals surface area contributed by atoms with Gasteiger partial charge in [-0.25, -0.2) is 9.07 Å². The zero-order chi connectivity index (χ0) is 15.7. The molecule has 112 valence electrons. The molecule has 0 amide bonds. The second kappa shape index (κ2) is 5.48. The second-order valence-electron chi connectivity index (χ2n) is 4.25. The molecule has 0 radical (unpaired) electrons. The number of aromatic nitrogens is 6. The number of nitro groups is 1. The van der Waals surface area contributed by atoms with Crippen molar-refractivity contribution < 1.29 is 9.31 Å². The van der Waals surface area contributed by atoms with Crippen LogP contribution in [0.15, 0.2) is 30.7 Å². The van der Waals surface area contributed by atoms with Crippen LogP contribution in [0.2, 0.25) is 5.02 Å². The Labute approximate surface area is 127 Å². The molecule has 0 atom stereocenters. The predicted molar refractivity (Wildman–Crippen MR) is 72.1 cm³/mol. The summed E-state index contributed by atoms with van der Waals surface area (Å²) in [6.45, 7) is 0.162. The molecule has 1 aromatic carbocycles. The summed E-state index contributed by atoms with van der Waals surface area (Å²) in [6.07, 6.45) is 2.81. The zero-order valence-electron chi connectivity index (χ0n) is 10.8. The first-order valence-electron chi connectivity index (χ1n) is 5.93. The van der Waals surface area contributed by atoms with E-state index >= 15 is 0 Å². The first-order valence-corrected chi connectivity index (χ1v) is 6.31. The van der Waals surface area contributed by atoms with Gasteiger partial charge in [-0.2, -0.15) is 4.68 Å². The standard InChI is InChI=1S/C11H7ClFN7O2/c12-9-3-8(1-2-10(9)13)19-5-7(15-17-19)4-18-6-14-11(16-18)20(21)22/h1-3,5-6H,4H2. The van der Waals surface area contributed by atoms with Gasteiger partial charge in [-0.15, -0.1) is 5.10 Å². The molecule has 0 spiro atoms. The summed E-state index contributed by atoms with van der Waals surface area (Å²) in [5, 5.41) is 21.9. The van der Waals surface area contributed by atoms with Gasteiger partial charge in [-0.3, -0.25) is 0 Å². The highest BCUT2D eigenvalue weighted by molar-refractivity contribution is 6.30. The Kier molecular flexibility index (Phi) is 3.51. The fourth-order valence-electron chi connectivity index (χ4n) is 1.74. The van der Waals surface area contributed by atoms with Gasteiger partial charge in [0.25, 0.3) is 0 Å². The highest BCUT2D eigenvalue weighted by Crippen LogP contribution is 2.18. The van der Waals surface area contributed by atoms with Crippen LogP contribution < -0.4 is 0 Å². The summed E-state index contributed by atoms with van der Waals surface area (Å²) in [5.74, 6) is -1.02. The zero-order valence-corrected chi connectivity index (χ0v) is 11.6. The molecule has 0 aliphatic rings. The van der Waals surface area contributed by atoms with E-state index in [0.29, 0.717) is 11.4 Å². The predicted octanol–water partition coefficient (Wildman–Crippen LogP) is 1.61. The highest BCUT2D eigenvalue weighted by atomic mass is 35.5. The maximum absolute atomic E-state index is 13.1. The smallest absolute Gasteiger partial charge is 0.390 e. The normalized spacial score (nSPS) is 10.8. The molecule has 22 heavy (non-hydrogen) atoms. The Morgan fingerprint density at radius 2 is 2.23 bits per heavy atom. The van der Waals surface area contributed by atoms with Crippen LogP contribution in [0.1, 0.15) is 5.69 Å². The molecule has 0 saturated heterocycles. The monoisotopic (exact) mass is 323 g/mol. The number of nitrogens with zero attached hydrogens (tertiary/aromatic N) is 7. The minimum Gasteiger partial charge on any atom is -0.390 e. The summed E-state index contributed by atoms with van der Waals surface area (Å²) in [6, 6.07) is 4.13. The molecule has 11 heteroatoms. The average Bonchev–Trinajstić information content (AvgIpc) is 3.12. The summed E-state index contributed by atoms with van der Waals surface area (Å²) in [7, 11) is 0. The Hall–Kier alpha value is -2.88. The molecular weight excluding hydrogens is 317 g/mol. The van der Waals surface area contributed by atoms with E-state index in [1.54, 1.807) is 6.20 Å². The van der Waals surface area contributed by atoms with Crippen LogP contribution in [0.25, 0.3) is 5.69 Å². The van der Waals surface area contributed by atoms with Crippen LogP contribution in [0.3, 0.4) is 0 Å². The Morgan fingerprint density at radius 1 is 1.41 bits per heavy atom. The van der Waals surface area contributed by atoms with Crippen molar-refractivity contribution in [3.05, 3.63) is 57.4 Å². The number of benzene rings is 1. The molecule has 3 aromatic rings. The molecule has 0 N–H and O–H groups in total. The topological polar surface area (TPSA) is 105 Å². The SMILES string of the molecule is O=[N+]([O-])c1ncn(Cc2cn(-c3ccc(F)c(Cl)c3)nn2)n1. The fraction of sp³-hybridized carbons (Fsp3) is 0.0909. The number of hydrogen-bond donors (Lipinski definition) is 0. The third-order valence-electron chi connectivity index (χ3n) is 2.72. The lowest BCUT2D eigenvalue weighted by Crippen LogP contribution is -2.01. The molecule has 3 rings (SSSR count). The lowest BCUT2D eigenvalue weighted by Gasteiger charge is -2.00. The molecule has 9 nitrogen and oxygen atoms in total. The van der Waals surface area contributed by atoms with Crippen LogP contribution >= 0.6 is 11.6 Å². The fourth-order valence-corrected chi connectivity index (χ4v) is 1.91. The van der Waals surface area contributed by atoms with E-state index in [0.717, 1.165) is 0 Å². The van der Waals surface area contributed by atoms with Crippen molar-refractivity contribution >= 4 is 17.5 Å². The quantitative estimate of drug-likeness (QED) is 0.533. The number of halogens is 2. The van der Waals surface area contributed by atoms with Crippen molar-refractivity contribution in [1.82, 2.24) is 29.8 Å². The molecule has 0 fully saturated rings. The Balaban J connectivity index is 1.80. The van der Waals surface area contributed by atoms with E-state index in [4.69, 9.17) is 11.6 Å². The van der Waals surface area contributed by atoms with Crippen molar-refractivity contribution in [3.63, 3.8) is 0 Å². The van der Waals surface area contributed by atoms with Gasteiger partial charge in [0.15, 0.2) is 0 Å². The number of rotatable bonds is 4. The van der Waals surface area contributed by atoms with E-state index < -0.39 is 16.7 Å². The Bertz CT molecular complexity index is 847. The molecule has 2 heterocycles. The van der Waals surface area contributed by atoms with Gasteiger partial charge >= 0.3 is 5.95 Å². The summed E-state index contributed by atoms with van der Waals surface area (Å²) < 4.78 is 15.8. The van der Waals surface area contributed by atoms with Crippen molar-refractivity contribution in [3.8, 4) is 5.69 Å². The first-order chi connectivity index (χ1) is 10.5. The molecule has 0 saturated carbocycles. The van der Waals surface area contributed by atoms with Crippen molar-refractivity contribution in [2.45, 2.75) is 6.54 Å². The maximum Gasteiger partial charge on any atom is 0.490 e. The molecular formula is C11H7ClFN7O2. The molecule has 2 aromatic heterocycles. The van der Waals surface area contributed by atoms with E-state index in [1.807, 2.05) is 0 Å². The number of hydrogen-bond acceptors (Lipinski definition) is 6. The maximum atomic E-state index is 13.1. The van der Waals surface area contributed by atoms with Gasteiger partial charge in [0.2, 0.25) is 6.33 Å². The summed E-state index contributed by atoms with van der Waals surface area (Å²) in [4.78, 5) is 13.4. The molecule has 0 aliphatic heterocycles. The minimum atomic E-state index is -0.687. The molecule has 0 unspecified atom stereocenters. The van der Waals surface area contributed by atoms with Crippen molar-refractivity contribution in [2.24, 2.45) is 0 Å². The van der Waals surface area contributed by atoms with Crippen LogP contribution in [0.4, 0.5) is 10.3 Å². The first kappa shape index (κ1) is 14.1. The van der Waals surface area contributed by atoms with Crippen molar-refractivity contribution in [2.75, 3.05) is 0 Å². The summed E-state index contributed by atoms with van der Waals surface area (Å²) in [5.41, 5.74) is 1.04. The van der Waals surface area contributed by atoms with E-state index in [-0.39, 0.29) is 11.6 Å². The van der Waals surface area contributed by atoms with Crippen molar-refractivity contribution in [1.29, 1.82) is 0 Å². The van der Waals surface area contributed by atoms with E-state index in [9.17, 15) is 14.5 Å². The van der Waals surface area contributed by atoms with E-state index in [1.165, 1.54) is 33.9 Å². The van der Waals surface area contributed by atoms with Gasteiger partial charge in [0, 0.05) is 5.10 Å². The van der Waals surface area contributed by atoms with Gasteiger partial charge in [-0.1, -0.05) is 21.8 Å². The lowest BCUT2D eigenvalue weighted by molar-refractivity contribution is -0.394. The highest BCUT2D eigenvalue weighted by Gasteiger charge is 2.14. The minimum absolute atomic E-state index is 0.0264. The van der Waals surface area contributed by atoms with Crippen LogP contribution in [-0.2, 0) is 6.54 Å². The van der Waals surface area contributed by atoms with Gasteiger partial charge < -0.3 is 10.1 Å².